The van der Waals surface area contributed by atoms with Gasteiger partial charge in [0.15, 0.2) is 0 Å². The maximum absolute atomic E-state index is 4.65. The highest BCUT2D eigenvalue weighted by Crippen LogP contribution is 2.32. The molecule has 3 heteroatoms. The van der Waals surface area contributed by atoms with E-state index >= 15 is 0 Å². The molecule has 2 heterocycles. The van der Waals surface area contributed by atoms with E-state index in [9.17, 15) is 0 Å². The third-order valence-corrected chi connectivity index (χ3v) is 3.33. The fraction of sp³-hybridized carbons (Fsp3) is 0.615. The summed E-state index contributed by atoms with van der Waals surface area (Å²) in [6, 6.07) is 7.36. The molecule has 1 atom stereocenters. The molecule has 1 aliphatic rings. The average Bonchev–Trinajstić information content (AvgIpc) is 2.78. The van der Waals surface area contributed by atoms with E-state index in [0.717, 1.165) is 5.82 Å². The van der Waals surface area contributed by atoms with E-state index in [4.69, 9.17) is 0 Å². The van der Waals surface area contributed by atoms with Crippen LogP contribution in [0.15, 0.2) is 18.2 Å². The van der Waals surface area contributed by atoms with Crippen molar-refractivity contribution in [3.8, 4) is 0 Å². The second kappa shape index (κ2) is 4.83. The van der Waals surface area contributed by atoms with Crippen LogP contribution in [-0.4, -0.2) is 29.5 Å². The van der Waals surface area contributed by atoms with Gasteiger partial charge in [0, 0.05) is 13.1 Å². The molecule has 88 valence electrons. The molecule has 0 aromatic carbocycles. The fourth-order valence-corrected chi connectivity index (χ4v) is 2.50. The van der Waals surface area contributed by atoms with E-state index in [1.165, 1.54) is 25.1 Å². The first-order chi connectivity index (χ1) is 7.72. The van der Waals surface area contributed by atoms with Gasteiger partial charge in [-0.1, -0.05) is 6.07 Å². The van der Waals surface area contributed by atoms with Gasteiger partial charge in [-0.05, 0) is 45.4 Å². The lowest BCUT2D eigenvalue weighted by Crippen LogP contribution is -2.30. The van der Waals surface area contributed by atoms with Crippen molar-refractivity contribution in [3.63, 3.8) is 0 Å². The van der Waals surface area contributed by atoms with Crippen molar-refractivity contribution in [2.24, 2.45) is 0 Å². The number of hydrogen-bond donors (Lipinski definition) is 1. The highest BCUT2D eigenvalue weighted by atomic mass is 15.2. The molecule has 0 aliphatic carbocycles. The third kappa shape index (κ3) is 2.19. The number of hydrogen-bond acceptors (Lipinski definition) is 3. The van der Waals surface area contributed by atoms with Gasteiger partial charge in [0.05, 0.1) is 11.7 Å². The Balaban J connectivity index is 2.22. The van der Waals surface area contributed by atoms with Crippen LogP contribution in [-0.2, 0) is 0 Å². The molecule has 1 saturated heterocycles. The Morgan fingerprint density at radius 2 is 2.25 bits per heavy atom. The summed E-state index contributed by atoms with van der Waals surface area (Å²) in [5.74, 6) is 0.966. The molecule has 2 rings (SSSR count). The lowest BCUT2D eigenvalue weighted by atomic mass is 10.1. The van der Waals surface area contributed by atoms with E-state index < -0.39 is 0 Å². The second-order valence-corrected chi connectivity index (χ2v) is 4.69. The first-order valence-electron chi connectivity index (χ1n) is 6.13. The average molecular weight is 219 g/mol. The van der Waals surface area contributed by atoms with Crippen LogP contribution < -0.4 is 5.32 Å². The molecule has 3 nitrogen and oxygen atoms in total. The third-order valence-electron chi connectivity index (χ3n) is 3.33. The van der Waals surface area contributed by atoms with Crippen molar-refractivity contribution in [2.45, 2.75) is 38.8 Å². The highest BCUT2D eigenvalue weighted by Gasteiger charge is 2.28. The Morgan fingerprint density at radius 1 is 1.44 bits per heavy atom. The van der Waals surface area contributed by atoms with Gasteiger partial charge >= 0.3 is 0 Å². The zero-order valence-corrected chi connectivity index (χ0v) is 10.4. The highest BCUT2D eigenvalue weighted by molar-refractivity contribution is 5.35. The number of pyridine rings is 1. The summed E-state index contributed by atoms with van der Waals surface area (Å²) in [6.45, 7) is 5.73. The summed E-state index contributed by atoms with van der Waals surface area (Å²) in [7, 11) is 1.92. The molecule has 0 bridgehead atoms. The van der Waals surface area contributed by atoms with Gasteiger partial charge in [0.1, 0.15) is 5.82 Å². The quantitative estimate of drug-likeness (QED) is 0.847. The summed E-state index contributed by atoms with van der Waals surface area (Å²) in [5.41, 5.74) is 1.21. The van der Waals surface area contributed by atoms with E-state index in [2.05, 4.69) is 41.2 Å². The molecule has 16 heavy (non-hydrogen) atoms. The molecule has 1 aromatic heterocycles. The minimum Gasteiger partial charge on any atom is -0.373 e. The normalized spacial score (nSPS) is 21.6. The summed E-state index contributed by atoms with van der Waals surface area (Å²) >= 11 is 0. The standard InChI is InChI=1S/C13H21N3/c1-10(2)16-9-5-7-12(16)11-6-4-8-13(14-3)15-11/h4,6,8,10,12H,5,7,9H2,1-3H3,(H,14,15). The monoisotopic (exact) mass is 219 g/mol. The van der Waals surface area contributed by atoms with Crippen LogP contribution in [0.1, 0.15) is 38.4 Å². The largest absolute Gasteiger partial charge is 0.373 e. The molecule has 1 N–H and O–H groups in total. The molecule has 0 amide bonds. The minimum absolute atomic E-state index is 0.508. The number of likely N-dealkylation sites (tertiary alicyclic amines) is 1. The van der Waals surface area contributed by atoms with Gasteiger partial charge in [-0.2, -0.15) is 0 Å². The molecule has 1 aliphatic heterocycles. The molecule has 1 unspecified atom stereocenters. The van der Waals surface area contributed by atoms with Crippen molar-refractivity contribution >= 4 is 5.82 Å². The van der Waals surface area contributed by atoms with Crippen LogP contribution in [0.2, 0.25) is 0 Å². The number of rotatable bonds is 3. The fourth-order valence-electron chi connectivity index (χ4n) is 2.50. The summed E-state index contributed by atoms with van der Waals surface area (Å²) < 4.78 is 0. The van der Waals surface area contributed by atoms with Gasteiger partial charge < -0.3 is 5.32 Å². The maximum atomic E-state index is 4.65. The van der Waals surface area contributed by atoms with Crippen molar-refractivity contribution in [1.29, 1.82) is 0 Å². The van der Waals surface area contributed by atoms with Crippen molar-refractivity contribution in [3.05, 3.63) is 23.9 Å². The van der Waals surface area contributed by atoms with Gasteiger partial charge in [0.25, 0.3) is 0 Å². The van der Waals surface area contributed by atoms with Crippen molar-refractivity contribution in [2.75, 3.05) is 18.9 Å². The summed E-state index contributed by atoms with van der Waals surface area (Å²) in [6.07, 6.45) is 2.52. The van der Waals surface area contributed by atoms with E-state index in [1.54, 1.807) is 0 Å². The topological polar surface area (TPSA) is 28.2 Å². The zero-order valence-electron chi connectivity index (χ0n) is 10.4. The first kappa shape index (κ1) is 11.4. The lowest BCUT2D eigenvalue weighted by Gasteiger charge is -2.28. The Kier molecular flexibility index (Phi) is 3.44. The predicted molar refractivity (Wildman–Crippen MR) is 67.6 cm³/mol. The van der Waals surface area contributed by atoms with Crippen molar-refractivity contribution < 1.29 is 0 Å². The van der Waals surface area contributed by atoms with Crippen LogP contribution in [0.25, 0.3) is 0 Å². The molecular formula is C13H21N3. The molecule has 0 spiro atoms. The van der Waals surface area contributed by atoms with Crippen molar-refractivity contribution in [1.82, 2.24) is 9.88 Å². The lowest BCUT2D eigenvalue weighted by molar-refractivity contribution is 0.202. The molecule has 1 fully saturated rings. The van der Waals surface area contributed by atoms with Gasteiger partial charge in [-0.25, -0.2) is 4.98 Å². The predicted octanol–water partition coefficient (Wildman–Crippen LogP) is 2.67. The maximum Gasteiger partial charge on any atom is 0.126 e. The Labute approximate surface area is 97.9 Å². The number of aromatic nitrogens is 1. The molecular weight excluding hydrogens is 198 g/mol. The van der Waals surface area contributed by atoms with Gasteiger partial charge in [-0.3, -0.25) is 4.90 Å². The van der Waals surface area contributed by atoms with Crippen LogP contribution in [0.5, 0.6) is 0 Å². The Bertz CT molecular complexity index is 349. The number of nitrogens with zero attached hydrogens (tertiary/aromatic N) is 2. The van der Waals surface area contributed by atoms with E-state index in [-0.39, 0.29) is 0 Å². The van der Waals surface area contributed by atoms with Crippen LogP contribution >= 0.6 is 0 Å². The van der Waals surface area contributed by atoms with Gasteiger partial charge in [-0.15, -0.1) is 0 Å². The summed E-state index contributed by atoms with van der Waals surface area (Å²) in [5, 5.41) is 3.11. The first-order valence-corrected chi connectivity index (χ1v) is 6.13. The summed E-state index contributed by atoms with van der Waals surface area (Å²) in [4.78, 5) is 7.20. The second-order valence-electron chi connectivity index (χ2n) is 4.69. The SMILES string of the molecule is CNc1cccc(C2CCCN2C(C)C)n1. The van der Waals surface area contributed by atoms with Crippen LogP contribution in [0.3, 0.4) is 0 Å². The number of anilines is 1. The van der Waals surface area contributed by atoms with Gasteiger partial charge in [0.2, 0.25) is 0 Å². The van der Waals surface area contributed by atoms with Crippen LogP contribution in [0.4, 0.5) is 5.82 Å². The number of nitrogens with one attached hydrogen (secondary N) is 1. The van der Waals surface area contributed by atoms with Crippen LogP contribution in [0, 0.1) is 0 Å². The zero-order chi connectivity index (χ0) is 11.5. The van der Waals surface area contributed by atoms with E-state index in [0.29, 0.717) is 12.1 Å². The van der Waals surface area contributed by atoms with E-state index in [1.807, 2.05) is 13.1 Å². The Morgan fingerprint density at radius 3 is 2.94 bits per heavy atom. The minimum atomic E-state index is 0.508. The molecule has 0 saturated carbocycles. The Hall–Kier alpha value is -1.09. The smallest absolute Gasteiger partial charge is 0.126 e. The molecule has 1 aromatic rings. The molecule has 0 radical (unpaired) electrons.